The molecule has 1 aromatic carbocycles. The average molecular weight is 261 g/mol. The van der Waals surface area contributed by atoms with Crippen LogP contribution in [0.1, 0.15) is 6.92 Å². The van der Waals surface area contributed by atoms with E-state index < -0.39 is 10.7 Å². The molecule has 0 amide bonds. The zero-order valence-corrected chi connectivity index (χ0v) is 10.2. The van der Waals surface area contributed by atoms with Gasteiger partial charge in [0.25, 0.3) is 5.69 Å². The van der Waals surface area contributed by atoms with Crippen LogP contribution in [0.15, 0.2) is 45.7 Å². The molecular formula is C12H11N3O4. The molecular weight excluding hydrogens is 250 g/mol. The highest BCUT2D eigenvalue weighted by Crippen LogP contribution is 2.20. The summed E-state index contributed by atoms with van der Waals surface area (Å²) in [5.74, 6) is -0.265. The van der Waals surface area contributed by atoms with E-state index in [1.54, 1.807) is 6.92 Å². The standard InChI is InChI=1S/C12H11N3O4/c1-8(2)7-14-11(13-19-12(14)16)9-3-5-10(6-4-9)15(17)18/h3-6H,1,7H2,2H3. The third-order valence-corrected chi connectivity index (χ3v) is 2.45. The molecule has 1 heterocycles. The fourth-order valence-corrected chi connectivity index (χ4v) is 1.62. The smallest absolute Gasteiger partial charge is 0.295 e. The lowest BCUT2D eigenvalue weighted by Gasteiger charge is -2.03. The van der Waals surface area contributed by atoms with Crippen molar-refractivity contribution in [1.82, 2.24) is 9.72 Å². The normalized spacial score (nSPS) is 10.4. The van der Waals surface area contributed by atoms with Crippen molar-refractivity contribution < 1.29 is 9.45 Å². The van der Waals surface area contributed by atoms with Gasteiger partial charge in [-0.25, -0.2) is 4.79 Å². The third-order valence-electron chi connectivity index (χ3n) is 2.45. The molecule has 0 fully saturated rings. The number of rotatable bonds is 4. The second-order valence-electron chi connectivity index (χ2n) is 4.12. The Morgan fingerprint density at radius 1 is 1.47 bits per heavy atom. The van der Waals surface area contributed by atoms with Gasteiger partial charge in [0.1, 0.15) is 0 Å². The number of hydrogen-bond donors (Lipinski definition) is 0. The van der Waals surface area contributed by atoms with Crippen LogP contribution in [0.2, 0.25) is 0 Å². The van der Waals surface area contributed by atoms with Crippen LogP contribution in [0.3, 0.4) is 0 Å². The summed E-state index contributed by atoms with van der Waals surface area (Å²) in [6.45, 7) is 5.79. The minimum Gasteiger partial charge on any atom is -0.295 e. The summed E-state index contributed by atoms with van der Waals surface area (Å²) in [7, 11) is 0. The van der Waals surface area contributed by atoms with Crippen molar-refractivity contribution in [3.05, 3.63) is 57.1 Å². The minimum atomic E-state index is -0.587. The topological polar surface area (TPSA) is 91.2 Å². The highest BCUT2D eigenvalue weighted by Gasteiger charge is 2.14. The lowest BCUT2D eigenvalue weighted by Crippen LogP contribution is -2.15. The number of nitrogens with zero attached hydrogens (tertiary/aromatic N) is 3. The molecule has 2 rings (SSSR count). The Morgan fingerprint density at radius 2 is 2.11 bits per heavy atom. The Balaban J connectivity index is 2.44. The van der Waals surface area contributed by atoms with Crippen molar-refractivity contribution >= 4 is 5.69 Å². The van der Waals surface area contributed by atoms with E-state index in [1.165, 1.54) is 28.8 Å². The second-order valence-corrected chi connectivity index (χ2v) is 4.12. The van der Waals surface area contributed by atoms with Crippen molar-refractivity contribution in [2.45, 2.75) is 13.5 Å². The maximum Gasteiger partial charge on any atom is 0.442 e. The average Bonchev–Trinajstić information content (AvgIpc) is 2.71. The highest BCUT2D eigenvalue weighted by molar-refractivity contribution is 5.57. The van der Waals surface area contributed by atoms with E-state index >= 15 is 0 Å². The van der Waals surface area contributed by atoms with E-state index in [1.807, 2.05) is 0 Å². The van der Waals surface area contributed by atoms with Crippen molar-refractivity contribution in [2.75, 3.05) is 0 Å². The number of nitro groups is 1. The van der Waals surface area contributed by atoms with Gasteiger partial charge in [-0.1, -0.05) is 17.3 Å². The second kappa shape index (κ2) is 4.89. The summed E-state index contributed by atoms with van der Waals surface area (Å²) in [4.78, 5) is 21.6. The molecule has 0 aliphatic carbocycles. The number of hydrogen-bond acceptors (Lipinski definition) is 5. The first-order valence-corrected chi connectivity index (χ1v) is 5.45. The first-order valence-electron chi connectivity index (χ1n) is 5.45. The van der Waals surface area contributed by atoms with Crippen molar-refractivity contribution in [1.29, 1.82) is 0 Å². The summed E-state index contributed by atoms with van der Waals surface area (Å²) in [6.07, 6.45) is 0. The van der Waals surface area contributed by atoms with Gasteiger partial charge < -0.3 is 0 Å². The van der Waals surface area contributed by atoms with Crippen LogP contribution < -0.4 is 5.76 Å². The summed E-state index contributed by atoms with van der Waals surface area (Å²) >= 11 is 0. The van der Waals surface area contributed by atoms with Gasteiger partial charge in [-0.2, -0.15) is 0 Å². The van der Waals surface area contributed by atoms with Crippen LogP contribution in [-0.2, 0) is 6.54 Å². The molecule has 19 heavy (non-hydrogen) atoms. The van der Waals surface area contributed by atoms with Crippen LogP contribution >= 0.6 is 0 Å². The molecule has 0 aliphatic rings. The molecule has 0 N–H and O–H groups in total. The largest absolute Gasteiger partial charge is 0.442 e. The minimum absolute atomic E-state index is 0.0268. The molecule has 7 heteroatoms. The Labute approximate surface area is 107 Å². The fourth-order valence-electron chi connectivity index (χ4n) is 1.62. The van der Waals surface area contributed by atoms with E-state index in [2.05, 4.69) is 16.3 Å². The van der Waals surface area contributed by atoms with E-state index in [0.717, 1.165) is 5.57 Å². The van der Waals surface area contributed by atoms with Gasteiger partial charge in [0.05, 0.1) is 11.5 Å². The quantitative estimate of drug-likeness (QED) is 0.476. The molecule has 7 nitrogen and oxygen atoms in total. The maximum absolute atomic E-state index is 11.5. The van der Waals surface area contributed by atoms with Crippen molar-refractivity contribution in [3.8, 4) is 11.4 Å². The van der Waals surface area contributed by atoms with Crippen LogP contribution in [0.5, 0.6) is 0 Å². The van der Waals surface area contributed by atoms with Gasteiger partial charge in [0, 0.05) is 17.7 Å². The van der Waals surface area contributed by atoms with Crippen molar-refractivity contribution in [2.24, 2.45) is 0 Å². The van der Waals surface area contributed by atoms with Crippen LogP contribution in [0, 0.1) is 10.1 Å². The molecule has 0 unspecified atom stereocenters. The molecule has 0 saturated heterocycles. The Kier molecular flexibility index (Phi) is 3.28. The predicted molar refractivity (Wildman–Crippen MR) is 67.7 cm³/mol. The number of nitro benzene ring substituents is 1. The molecule has 1 aromatic heterocycles. The summed E-state index contributed by atoms with van der Waals surface area (Å²) in [6, 6.07) is 5.73. The summed E-state index contributed by atoms with van der Waals surface area (Å²) in [5, 5.41) is 14.2. The zero-order valence-electron chi connectivity index (χ0n) is 10.2. The predicted octanol–water partition coefficient (Wildman–Crippen LogP) is 1.99. The van der Waals surface area contributed by atoms with Gasteiger partial charge in [0.15, 0.2) is 5.82 Å². The Bertz CT molecular complexity index is 682. The first-order chi connectivity index (χ1) is 8.99. The Hall–Kier alpha value is -2.70. The van der Waals surface area contributed by atoms with Crippen LogP contribution in [0.25, 0.3) is 11.4 Å². The van der Waals surface area contributed by atoms with Crippen LogP contribution in [0.4, 0.5) is 5.69 Å². The molecule has 0 aliphatic heterocycles. The fraction of sp³-hybridized carbons (Fsp3) is 0.167. The summed E-state index contributed by atoms with van der Waals surface area (Å²) in [5.41, 5.74) is 1.31. The van der Waals surface area contributed by atoms with Crippen molar-refractivity contribution in [3.63, 3.8) is 0 Å². The number of non-ortho nitro benzene ring substituents is 1. The SMILES string of the molecule is C=C(C)Cn1c(-c2ccc([N+](=O)[O-])cc2)noc1=O. The third kappa shape index (κ3) is 2.59. The molecule has 2 aromatic rings. The van der Waals surface area contributed by atoms with E-state index in [0.29, 0.717) is 11.4 Å². The molecule has 0 saturated carbocycles. The molecule has 98 valence electrons. The van der Waals surface area contributed by atoms with E-state index in [4.69, 9.17) is 0 Å². The van der Waals surface area contributed by atoms with Gasteiger partial charge in [0.2, 0.25) is 0 Å². The molecule has 0 bridgehead atoms. The van der Waals surface area contributed by atoms with E-state index in [-0.39, 0.29) is 12.2 Å². The number of aromatic nitrogens is 2. The van der Waals surface area contributed by atoms with Gasteiger partial charge in [-0.05, 0) is 19.1 Å². The van der Waals surface area contributed by atoms with Gasteiger partial charge in [-0.15, -0.1) is 0 Å². The lowest BCUT2D eigenvalue weighted by molar-refractivity contribution is -0.384. The number of allylic oxidation sites excluding steroid dienone is 1. The molecule has 0 radical (unpaired) electrons. The van der Waals surface area contributed by atoms with Crippen LogP contribution in [-0.4, -0.2) is 14.6 Å². The molecule has 0 spiro atoms. The number of benzene rings is 1. The van der Waals surface area contributed by atoms with Gasteiger partial charge in [-0.3, -0.25) is 19.2 Å². The van der Waals surface area contributed by atoms with E-state index in [9.17, 15) is 14.9 Å². The first kappa shape index (κ1) is 12.7. The maximum atomic E-state index is 11.5. The van der Waals surface area contributed by atoms with Gasteiger partial charge >= 0.3 is 5.76 Å². The summed E-state index contributed by atoms with van der Waals surface area (Å²) < 4.78 is 5.93. The monoisotopic (exact) mass is 261 g/mol. The lowest BCUT2D eigenvalue weighted by atomic mass is 10.2. The zero-order chi connectivity index (χ0) is 14.0. The molecule has 0 atom stereocenters. The highest BCUT2D eigenvalue weighted by atomic mass is 16.6. The Morgan fingerprint density at radius 3 is 2.63 bits per heavy atom.